The molecule has 7 nitrogen and oxygen atoms in total. The van der Waals surface area contributed by atoms with Crippen LogP contribution < -0.4 is 15.1 Å². The van der Waals surface area contributed by atoms with Crippen molar-refractivity contribution in [3.8, 4) is 0 Å². The summed E-state index contributed by atoms with van der Waals surface area (Å²) in [6.07, 6.45) is 5.88. The van der Waals surface area contributed by atoms with Crippen molar-refractivity contribution in [2.75, 3.05) is 42.7 Å². The fourth-order valence-electron chi connectivity index (χ4n) is 3.91. The Labute approximate surface area is 160 Å². The van der Waals surface area contributed by atoms with E-state index in [-0.39, 0.29) is 0 Å². The van der Waals surface area contributed by atoms with Crippen LogP contribution in [0, 0.1) is 0 Å². The number of nitrogens with one attached hydrogen (secondary N) is 1. The van der Waals surface area contributed by atoms with E-state index in [1.165, 1.54) is 6.26 Å². The third-order valence-corrected chi connectivity index (χ3v) is 6.62. The lowest BCUT2D eigenvalue weighted by Gasteiger charge is -2.32. The zero-order valence-corrected chi connectivity index (χ0v) is 16.5. The first-order valence-electron chi connectivity index (χ1n) is 9.29. The number of hydrogen-bond donors (Lipinski definition) is 1. The van der Waals surface area contributed by atoms with Gasteiger partial charge in [0.25, 0.3) is 0 Å². The third kappa shape index (κ3) is 3.64. The van der Waals surface area contributed by atoms with Crippen LogP contribution in [0.1, 0.15) is 18.4 Å². The molecule has 0 bridgehead atoms. The van der Waals surface area contributed by atoms with Crippen LogP contribution in [0.2, 0.25) is 0 Å². The van der Waals surface area contributed by atoms with Crippen LogP contribution in [-0.2, 0) is 16.3 Å². The smallest absolute Gasteiger partial charge is 0.175 e. The number of hydrogen-bond acceptors (Lipinski definition) is 7. The van der Waals surface area contributed by atoms with Gasteiger partial charge < -0.3 is 15.1 Å². The van der Waals surface area contributed by atoms with Gasteiger partial charge in [-0.25, -0.2) is 18.4 Å². The third-order valence-electron chi connectivity index (χ3n) is 5.51. The molecule has 0 spiro atoms. The monoisotopic (exact) mass is 387 g/mol. The largest absolute Gasteiger partial charge is 0.356 e. The number of fused-ring (bicyclic) bond motifs is 1. The summed E-state index contributed by atoms with van der Waals surface area (Å²) in [5.41, 5.74) is 2.07. The molecule has 1 aromatic heterocycles. The Hall–Kier alpha value is -2.19. The predicted octanol–water partition coefficient (Wildman–Crippen LogP) is 1.76. The quantitative estimate of drug-likeness (QED) is 0.856. The van der Waals surface area contributed by atoms with E-state index < -0.39 is 9.84 Å². The van der Waals surface area contributed by atoms with Crippen LogP contribution in [0.25, 0.3) is 0 Å². The van der Waals surface area contributed by atoms with E-state index in [1.807, 2.05) is 12.1 Å². The first-order chi connectivity index (χ1) is 12.9. The molecular weight excluding hydrogens is 362 g/mol. The average Bonchev–Trinajstić information content (AvgIpc) is 3.11. The van der Waals surface area contributed by atoms with Gasteiger partial charge in [-0.05, 0) is 56.1 Å². The molecule has 1 fully saturated rings. The van der Waals surface area contributed by atoms with Crippen molar-refractivity contribution in [3.05, 3.63) is 36.2 Å². The van der Waals surface area contributed by atoms with Gasteiger partial charge in [-0.1, -0.05) is 0 Å². The van der Waals surface area contributed by atoms with Gasteiger partial charge in [-0.15, -0.1) is 0 Å². The van der Waals surface area contributed by atoms with Gasteiger partial charge in [0.05, 0.1) is 4.90 Å². The molecule has 8 heteroatoms. The molecule has 2 aromatic rings. The normalized spacial score (nSPS) is 17.8. The zero-order chi connectivity index (χ0) is 19.0. The average molecular weight is 388 g/mol. The second-order valence-corrected chi connectivity index (χ2v) is 9.31. The molecule has 1 N–H and O–H groups in total. The second-order valence-electron chi connectivity index (χ2n) is 7.29. The maximum atomic E-state index is 11.8. The Morgan fingerprint density at radius 1 is 1.19 bits per heavy atom. The van der Waals surface area contributed by atoms with Crippen LogP contribution in [0.4, 0.5) is 17.3 Å². The summed E-state index contributed by atoms with van der Waals surface area (Å²) in [5.74, 6) is 1.78. The topological polar surface area (TPSA) is 78.4 Å². The van der Waals surface area contributed by atoms with Gasteiger partial charge in [-0.3, -0.25) is 0 Å². The molecule has 0 radical (unpaired) electrons. The van der Waals surface area contributed by atoms with Crippen molar-refractivity contribution < 1.29 is 8.42 Å². The predicted molar refractivity (Wildman–Crippen MR) is 107 cm³/mol. The van der Waals surface area contributed by atoms with E-state index in [4.69, 9.17) is 0 Å². The molecule has 0 saturated carbocycles. The zero-order valence-electron chi connectivity index (χ0n) is 15.7. The molecule has 4 rings (SSSR count). The van der Waals surface area contributed by atoms with Gasteiger partial charge in [0.15, 0.2) is 9.84 Å². The minimum absolute atomic E-state index is 0.372. The highest BCUT2D eigenvalue weighted by molar-refractivity contribution is 7.90. The fourth-order valence-corrected chi connectivity index (χ4v) is 4.58. The molecule has 0 amide bonds. The lowest BCUT2D eigenvalue weighted by molar-refractivity contribution is 0.441. The molecule has 3 heterocycles. The Balaban J connectivity index is 1.61. The Kier molecular flexibility index (Phi) is 4.77. The lowest BCUT2D eigenvalue weighted by atomic mass is 10.1. The Bertz CT molecular complexity index is 941. The van der Waals surface area contributed by atoms with Gasteiger partial charge in [-0.2, -0.15) is 0 Å². The fraction of sp³-hybridized carbons (Fsp3) is 0.474. The number of nitrogens with zero attached hydrogens (tertiary/aromatic N) is 4. The number of benzene rings is 1. The first kappa shape index (κ1) is 18.2. The molecule has 1 aromatic carbocycles. The SMILES string of the molecule is CN(c1cc(N2CCc3cc(S(C)(=O)=O)ccc32)ncn1)C1CCNCC1. The molecule has 0 atom stereocenters. The van der Waals surface area contributed by atoms with Crippen molar-refractivity contribution in [1.29, 1.82) is 0 Å². The van der Waals surface area contributed by atoms with E-state index >= 15 is 0 Å². The van der Waals surface area contributed by atoms with Crippen molar-refractivity contribution >= 4 is 27.2 Å². The van der Waals surface area contributed by atoms with Crippen molar-refractivity contribution in [3.63, 3.8) is 0 Å². The molecule has 2 aliphatic heterocycles. The van der Waals surface area contributed by atoms with Crippen molar-refractivity contribution in [2.45, 2.75) is 30.2 Å². The Morgan fingerprint density at radius 3 is 2.70 bits per heavy atom. The summed E-state index contributed by atoms with van der Waals surface area (Å²) < 4.78 is 23.6. The number of sulfone groups is 1. The summed E-state index contributed by atoms with van der Waals surface area (Å²) >= 11 is 0. The van der Waals surface area contributed by atoms with Gasteiger partial charge in [0.2, 0.25) is 0 Å². The first-order valence-corrected chi connectivity index (χ1v) is 11.2. The van der Waals surface area contributed by atoms with Crippen LogP contribution in [0.3, 0.4) is 0 Å². The van der Waals surface area contributed by atoms with Crippen LogP contribution in [-0.4, -0.2) is 57.4 Å². The second kappa shape index (κ2) is 7.09. The number of aromatic nitrogens is 2. The van der Waals surface area contributed by atoms with E-state index in [1.54, 1.807) is 18.5 Å². The highest BCUT2D eigenvalue weighted by atomic mass is 32.2. The minimum atomic E-state index is -3.19. The molecular formula is C19H25N5O2S. The van der Waals surface area contributed by atoms with Gasteiger partial charge in [0, 0.05) is 37.6 Å². The molecule has 1 saturated heterocycles. The van der Waals surface area contributed by atoms with E-state index in [0.29, 0.717) is 10.9 Å². The molecule has 2 aliphatic rings. The summed E-state index contributed by atoms with van der Waals surface area (Å²) in [4.78, 5) is 13.7. The maximum Gasteiger partial charge on any atom is 0.175 e. The molecule has 144 valence electrons. The Morgan fingerprint density at radius 2 is 1.96 bits per heavy atom. The summed E-state index contributed by atoms with van der Waals surface area (Å²) in [5, 5.41) is 3.39. The van der Waals surface area contributed by atoms with Gasteiger partial charge >= 0.3 is 0 Å². The van der Waals surface area contributed by atoms with Crippen LogP contribution in [0.15, 0.2) is 35.5 Å². The standard InChI is InChI=1S/C19H25N5O2S/c1-23(15-5-8-20-9-6-15)18-12-19(22-13-21-18)24-10-7-14-11-16(27(2,25)26)3-4-17(14)24/h3-4,11-13,15,20H,5-10H2,1-2H3. The van der Waals surface area contributed by atoms with Crippen LogP contribution >= 0.6 is 0 Å². The summed E-state index contributed by atoms with van der Waals surface area (Å²) in [6.45, 7) is 2.86. The van der Waals surface area contributed by atoms with Crippen molar-refractivity contribution in [1.82, 2.24) is 15.3 Å². The number of anilines is 3. The maximum absolute atomic E-state index is 11.8. The molecule has 0 aliphatic carbocycles. The summed E-state index contributed by atoms with van der Waals surface area (Å²) in [7, 11) is -1.10. The minimum Gasteiger partial charge on any atom is -0.356 e. The molecule has 0 unspecified atom stereocenters. The van der Waals surface area contributed by atoms with Crippen LogP contribution in [0.5, 0.6) is 0 Å². The number of rotatable bonds is 4. The van der Waals surface area contributed by atoms with E-state index in [2.05, 4.69) is 32.1 Å². The van der Waals surface area contributed by atoms with E-state index in [9.17, 15) is 8.42 Å². The number of piperidine rings is 1. The lowest BCUT2D eigenvalue weighted by Crippen LogP contribution is -2.41. The summed E-state index contributed by atoms with van der Waals surface area (Å²) in [6, 6.07) is 7.86. The highest BCUT2D eigenvalue weighted by Gasteiger charge is 2.25. The highest BCUT2D eigenvalue weighted by Crippen LogP contribution is 2.35. The molecule has 27 heavy (non-hydrogen) atoms. The van der Waals surface area contributed by atoms with Gasteiger partial charge in [0.1, 0.15) is 18.0 Å². The van der Waals surface area contributed by atoms with Crippen molar-refractivity contribution in [2.24, 2.45) is 0 Å². The van der Waals surface area contributed by atoms with E-state index in [0.717, 1.165) is 61.8 Å².